The van der Waals surface area contributed by atoms with Crippen LogP contribution in [-0.4, -0.2) is 49.5 Å². The molecule has 5 N–H and O–H groups in total. The molecule has 0 bridgehead atoms. The molecule has 0 saturated carbocycles. The summed E-state index contributed by atoms with van der Waals surface area (Å²) >= 11 is 5.91. The predicted octanol–water partition coefficient (Wildman–Crippen LogP) is 3.11. The predicted molar refractivity (Wildman–Crippen MR) is 123 cm³/mol. The number of aromatic nitrogens is 2. The maximum atomic E-state index is 13.0. The van der Waals surface area contributed by atoms with Crippen LogP contribution in [0, 0.1) is 5.92 Å². The highest BCUT2D eigenvalue weighted by molar-refractivity contribution is 6.20. The lowest BCUT2D eigenvalue weighted by molar-refractivity contribution is -0.154. The average Bonchev–Trinajstić information content (AvgIpc) is 3.21. The van der Waals surface area contributed by atoms with Crippen molar-refractivity contribution in [2.24, 2.45) is 11.7 Å². The number of halogens is 4. The SMILES string of the molecule is NC(Cl)CC(CNC(=O)c1cccc2nc(CC(C(=O)O)C(=O)O)cn12)c1ccc(C(F)(F)F)cc1. The molecule has 36 heavy (non-hydrogen) atoms. The van der Waals surface area contributed by atoms with E-state index >= 15 is 0 Å². The number of nitrogens with zero attached hydrogens (tertiary/aromatic N) is 2. The number of hydrogen-bond acceptors (Lipinski definition) is 5. The number of pyridine rings is 1. The molecule has 0 aliphatic heterocycles. The first kappa shape index (κ1) is 27.0. The third-order valence-corrected chi connectivity index (χ3v) is 5.69. The third-order valence-electron chi connectivity index (χ3n) is 5.51. The minimum absolute atomic E-state index is 0.0165. The lowest BCUT2D eigenvalue weighted by atomic mass is 9.94. The van der Waals surface area contributed by atoms with Crippen molar-refractivity contribution < 1.29 is 37.8 Å². The molecule has 0 aliphatic carbocycles. The Morgan fingerprint density at radius 2 is 1.72 bits per heavy atom. The monoisotopic (exact) mass is 526 g/mol. The first-order valence-electron chi connectivity index (χ1n) is 10.6. The van der Waals surface area contributed by atoms with Gasteiger partial charge in [-0.1, -0.05) is 18.2 Å². The summed E-state index contributed by atoms with van der Waals surface area (Å²) in [5.74, 6) is -5.74. The van der Waals surface area contributed by atoms with Gasteiger partial charge >= 0.3 is 18.1 Å². The van der Waals surface area contributed by atoms with Crippen molar-refractivity contribution in [1.82, 2.24) is 14.7 Å². The minimum atomic E-state index is -4.48. The highest BCUT2D eigenvalue weighted by Crippen LogP contribution is 2.31. The van der Waals surface area contributed by atoms with E-state index in [1.165, 1.54) is 28.8 Å². The molecule has 13 heteroatoms. The number of nitrogens with one attached hydrogen (secondary N) is 1. The molecule has 9 nitrogen and oxygen atoms in total. The highest BCUT2D eigenvalue weighted by atomic mass is 35.5. The normalized spacial score (nSPS) is 13.5. The summed E-state index contributed by atoms with van der Waals surface area (Å²) < 4.78 is 40.1. The van der Waals surface area contributed by atoms with Gasteiger partial charge in [-0.3, -0.25) is 18.8 Å². The number of rotatable bonds is 10. The molecule has 1 aromatic carbocycles. The van der Waals surface area contributed by atoms with E-state index in [0.29, 0.717) is 11.2 Å². The zero-order chi connectivity index (χ0) is 26.6. The lowest BCUT2D eigenvalue weighted by Crippen LogP contribution is -2.31. The van der Waals surface area contributed by atoms with Gasteiger partial charge in [0, 0.05) is 25.1 Å². The Balaban J connectivity index is 1.79. The number of amides is 1. The molecule has 1 amide bonds. The summed E-state index contributed by atoms with van der Waals surface area (Å²) in [7, 11) is 0. The van der Waals surface area contributed by atoms with Crippen LogP contribution in [-0.2, 0) is 22.2 Å². The Morgan fingerprint density at radius 3 is 2.28 bits per heavy atom. The van der Waals surface area contributed by atoms with Crippen LogP contribution >= 0.6 is 11.6 Å². The fourth-order valence-corrected chi connectivity index (χ4v) is 3.91. The summed E-state index contributed by atoms with van der Waals surface area (Å²) in [6, 6.07) is 9.11. The van der Waals surface area contributed by atoms with Crippen molar-refractivity contribution in [1.29, 1.82) is 0 Å². The van der Waals surface area contributed by atoms with E-state index in [9.17, 15) is 27.6 Å². The molecule has 3 aromatic rings. The molecule has 3 rings (SSSR count). The van der Waals surface area contributed by atoms with Gasteiger partial charge in [0.05, 0.1) is 16.8 Å². The van der Waals surface area contributed by atoms with E-state index in [0.717, 1.165) is 12.1 Å². The van der Waals surface area contributed by atoms with Gasteiger partial charge < -0.3 is 21.3 Å². The van der Waals surface area contributed by atoms with Crippen LogP contribution in [0.2, 0.25) is 0 Å². The number of carboxylic acids is 2. The van der Waals surface area contributed by atoms with Crippen LogP contribution in [0.5, 0.6) is 0 Å². The highest BCUT2D eigenvalue weighted by Gasteiger charge is 2.30. The lowest BCUT2D eigenvalue weighted by Gasteiger charge is -2.20. The van der Waals surface area contributed by atoms with E-state index in [-0.39, 0.29) is 30.8 Å². The molecule has 0 radical (unpaired) electrons. The van der Waals surface area contributed by atoms with Crippen molar-refractivity contribution >= 4 is 35.1 Å². The molecule has 0 saturated heterocycles. The number of benzene rings is 1. The Bertz CT molecular complexity index is 1250. The quantitative estimate of drug-likeness (QED) is 0.180. The van der Waals surface area contributed by atoms with E-state index in [1.807, 2.05) is 0 Å². The first-order valence-corrected chi connectivity index (χ1v) is 11.1. The summed E-state index contributed by atoms with van der Waals surface area (Å²) in [5.41, 5.74) is 5.19. The van der Waals surface area contributed by atoms with Crippen LogP contribution in [0.1, 0.15) is 39.6 Å². The third kappa shape index (κ3) is 6.52. The van der Waals surface area contributed by atoms with Gasteiger partial charge in [-0.2, -0.15) is 13.2 Å². The van der Waals surface area contributed by atoms with Crippen molar-refractivity contribution in [3.8, 4) is 0 Å². The Labute approximate surface area is 207 Å². The van der Waals surface area contributed by atoms with E-state index in [2.05, 4.69) is 10.3 Å². The molecule has 2 heterocycles. The second-order valence-corrected chi connectivity index (χ2v) is 8.64. The number of nitrogens with two attached hydrogens (primary N) is 1. The molecule has 0 aliphatic rings. The van der Waals surface area contributed by atoms with Crippen LogP contribution in [0.4, 0.5) is 13.2 Å². The Hall–Kier alpha value is -3.64. The van der Waals surface area contributed by atoms with Gasteiger partial charge in [0.25, 0.3) is 5.91 Å². The standard InChI is InChI=1S/C23H22ClF3N4O5/c24-18(28)8-13(12-4-6-14(7-5-12)23(25,26)27)10-29-20(32)17-2-1-3-19-30-15(11-31(17)19)9-16(21(33)34)22(35)36/h1-7,11,13,16,18H,8-10,28H2,(H,29,32)(H,33,34)(H,35,36). The molecule has 2 aromatic heterocycles. The summed E-state index contributed by atoms with van der Waals surface area (Å²) in [6.45, 7) is 0.0165. The second kappa shape index (κ2) is 11.0. The molecule has 0 fully saturated rings. The molecular formula is C23H22ClF3N4O5. The van der Waals surface area contributed by atoms with Crippen molar-refractivity contribution in [3.05, 3.63) is 71.2 Å². The minimum Gasteiger partial charge on any atom is -0.481 e. The maximum absolute atomic E-state index is 13.0. The van der Waals surface area contributed by atoms with Gasteiger partial charge in [0.1, 0.15) is 11.3 Å². The van der Waals surface area contributed by atoms with E-state index in [1.54, 1.807) is 12.1 Å². The number of aliphatic carboxylic acids is 2. The first-order chi connectivity index (χ1) is 16.9. The van der Waals surface area contributed by atoms with Gasteiger partial charge in [0.2, 0.25) is 0 Å². The molecule has 0 spiro atoms. The van der Waals surface area contributed by atoms with E-state index in [4.69, 9.17) is 27.5 Å². The molecule has 192 valence electrons. The Morgan fingerprint density at radius 1 is 1.08 bits per heavy atom. The van der Waals surface area contributed by atoms with Crippen molar-refractivity contribution in [2.45, 2.75) is 30.4 Å². The fourth-order valence-electron chi connectivity index (χ4n) is 3.69. The fraction of sp³-hybridized carbons (Fsp3) is 0.304. The number of hydrogen-bond donors (Lipinski definition) is 4. The Kier molecular flexibility index (Phi) is 8.21. The number of fused-ring (bicyclic) bond motifs is 1. The molecular weight excluding hydrogens is 505 g/mol. The summed E-state index contributed by atoms with van der Waals surface area (Å²) in [6.07, 6.45) is -3.30. The van der Waals surface area contributed by atoms with Gasteiger partial charge in [-0.15, -0.1) is 11.6 Å². The van der Waals surface area contributed by atoms with Crippen LogP contribution in [0.3, 0.4) is 0 Å². The summed E-state index contributed by atoms with van der Waals surface area (Å²) in [5, 5.41) is 20.9. The second-order valence-electron chi connectivity index (χ2n) is 8.08. The number of carbonyl (C=O) groups is 3. The molecule has 2 atom stereocenters. The number of alkyl halides is 4. The number of carbonyl (C=O) groups excluding carboxylic acids is 1. The topological polar surface area (TPSA) is 147 Å². The van der Waals surface area contributed by atoms with E-state index < -0.39 is 46.9 Å². The zero-order valence-corrected chi connectivity index (χ0v) is 19.3. The van der Waals surface area contributed by atoms with Gasteiger partial charge in [0.15, 0.2) is 5.92 Å². The smallest absolute Gasteiger partial charge is 0.416 e. The maximum Gasteiger partial charge on any atom is 0.416 e. The number of carboxylic acid groups (broad SMARTS) is 2. The van der Waals surface area contributed by atoms with Gasteiger partial charge in [-0.25, -0.2) is 4.98 Å². The summed E-state index contributed by atoms with van der Waals surface area (Å²) in [4.78, 5) is 39.5. The largest absolute Gasteiger partial charge is 0.481 e. The van der Waals surface area contributed by atoms with Gasteiger partial charge in [-0.05, 0) is 36.2 Å². The van der Waals surface area contributed by atoms with Crippen LogP contribution < -0.4 is 11.1 Å². The number of imidazole rings is 1. The molecule has 2 unspecified atom stereocenters. The average molecular weight is 527 g/mol. The zero-order valence-electron chi connectivity index (χ0n) is 18.6. The van der Waals surface area contributed by atoms with Crippen LogP contribution in [0.25, 0.3) is 5.65 Å². The van der Waals surface area contributed by atoms with Crippen LogP contribution in [0.15, 0.2) is 48.7 Å². The van der Waals surface area contributed by atoms with Crippen molar-refractivity contribution in [3.63, 3.8) is 0 Å². The van der Waals surface area contributed by atoms with Crippen molar-refractivity contribution in [2.75, 3.05) is 6.54 Å².